The number of anilines is 1. The highest BCUT2D eigenvalue weighted by molar-refractivity contribution is 7.91. The van der Waals surface area contributed by atoms with Crippen molar-refractivity contribution in [1.82, 2.24) is 4.98 Å². The normalized spacial score (nSPS) is 15.3. The summed E-state index contributed by atoms with van der Waals surface area (Å²) in [5.74, 6) is -0.656. The fourth-order valence-electron chi connectivity index (χ4n) is 3.39. The van der Waals surface area contributed by atoms with Crippen molar-refractivity contribution in [1.29, 1.82) is 0 Å². The standard InChI is InChI=1S/C21H20F2N2O3S/c22-16-7-5-15(6-8-16)19-24-20(21(28-19)25-13-3-1-2-4-14-25)29(26,27)18-11-9-17(23)10-12-18/h5-12H,1-4,13-14H2. The highest BCUT2D eigenvalue weighted by Crippen LogP contribution is 2.35. The molecule has 5 nitrogen and oxygen atoms in total. The lowest BCUT2D eigenvalue weighted by atomic mass is 10.2. The second-order valence-electron chi connectivity index (χ2n) is 6.99. The number of sulfone groups is 1. The van der Waals surface area contributed by atoms with Gasteiger partial charge in [0.2, 0.25) is 26.6 Å². The van der Waals surface area contributed by atoms with Gasteiger partial charge in [0.1, 0.15) is 11.6 Å². The molecule has 0 saturated carbocycles. The molecular weight excluding hydrogens is 398 g/mol. The molecule has 1 saturated heterocycles. The van der Waals surface area contributed by atoms with Gasteiger partial charge in [0.25, 0.3) is 0 Å². The molecule has 3 aromatic rings. The molecule has 1 fully saturated rings. The first-order valence-electron chi connectivity index (χ1n) is 9.47. The first-order valence-corrected chi connectivity index (χ1v) is 11.0. The van der Waals surface area contributed by atoms with Crippen LogP contribution in [-0.2, 0) is 9.84 Å². The molecule has 4 rings (SSSR count). The van der Waals surface area contributed by atoms with Gasteiger partial charge in [-0.3, -0.25) is 0 Å². The van der Waals surface area contributed by atoms with Crippen LogP contribution in [0.5, 0.6) is 0 Å². The second kappa shape index (κ2) is 7.94. The Bertz CT molecular complexity index is 1090. The number of rotatable bonds is 4. The van der Waals surface area contributed by atoms with E-state index < -0.39 is 21.5 Å². The number of hydrogen-bond donors (Lipinski definition) is 0. The minimum absolute atomic E-state index is 0.0612. The maximum atomic E-state index is 13.3. The summed E-state index contributed by atoms with van der Waals surface area (Å²) in [6.45, 7) is 1.31. The third-order valence-electron chi connectivity index (χ3n) is 4.94. The first-order chi connectivity index (χ1) is 13.9. The van der Waals surface area contributed by atoms with Crippen LogP contribution in [-0.4, -0.2) is 26.5 Å². The largest absolute Gasteiger partial charge is 0.419 e. The van der Waals surface area contributed by atoms with E-state index in [4.69, 9.17) is 4.42 Å². The molecule has 1 aliphatic heterocycles. The Labute approximate surface area is 167 Å². The van der Waals surface area contributed by atoms with Crippen LogP contribution >= 0.6 is 0 Å². The molecule has 1 aliphatic rings. The van der Waals surface area contributed by atoms with E-state index >= 15 is 0 Å². The Morgan fingerprint density at radius 2 is 1.38 bits per heavy atom. The van der Waals surface area contributed by atoms with Gasteiger partial charge in [0.15, 0.2) is 0 Å². The molecule has 152 valence electrons. The maximum absolute atomic E-state index is 13.3. The number of nitrogens with zero attached hydrogens (tertiary/aromatic N) is 2. The summed E-state index contributed by atoms with van der Waals surface area (Å²) >= 11 is 0. The van der Waals surface area contributed by atoms with Crippen molar-refractivity contribution < 1.29 is 21.6 Å². The van der Waals surface area contributed by atoms with Crippen molar-refractivity contribution in [2.24, 2.45) is 0 Å². The average Bonchev–Trinajstić information content (AvgIpc) is 2.99. The predicted molar refractivity (Wildman–Crippen MR) is 104 cm³/mol. The molecule has 0 bridgehead atoms. The van der Waals surface area contributed by atoms with Crippen molar-refractivity contribution in [3.8, 4) is 11.5 Å². The lowest BCUT2D eigenvalue weighted by molar-refractivity contribution is 0.543. The Balaban J connectivity index is 1.83. The lowest BCUT2D eigenvalue weighted by Crippen LogP contribution is -2.25. The minimum atomic E-state index is -4.03. The highest BCUT2D eigenvalue weighted by Gasteiger charge is 2.31. The third-order valence-corrected chi connectivity index (χ3v) is 6.61. The molecule has 0 radical (unpaired) electrons. The fourth-order valence-corrected chi connectivity index (χ4v) is 4.71. The molecule has 0 aliphatic carbocycles. The SMILES string of the molecule is O=S(=O)(c1ccc(F)cc1)c1nc(-c2ccc(F)cc2)oc1N1CCCCCC1. The summed E-state index contributed by atoms with van der Waals surface area (Å²) < 4.78 is 59.0. The molecule has 2 aromatic carbocycles. The average molecular weight is 418 g/mol. The van der Waals surface area contributed by atoms with E-state index in [1.54, 1.807) is 0 Å². The Morgan fingerprint density at radius 3 is 1.97 bits per heavy atom. The van der Waals surface area contributed by atoms with Crippen molar-refractivity contribution in [3.05, 3.63) is 60.2 Å². The summed E-state index contributed by atoms with van der Waals surface area (Å²) in [5, 5.41) is -0.203. The van der Waals surface area contributed by atoms with E-state index in [1.165, 1.54) is 36.4 Å². The van der Waals surface area contributed by atoms with Gasteiger partial charge in [0.05, 0.1) is 4.90 Å². The zero-order valence-electron chi connectivity index (χ0n) is 15.6. The van der Waals surface area contributed by atoms with E-state index in [1.807, 2.05) is 4.90 Å². The maximum Gasteiger partial charge on any atom is 0.236 e. The molecule has 0 amide bonds. The molecule has 0 spiro atoms. The highest BCUT2D eigenvalue weighted by atomic mass is 32.2. The van der Waals surface area contributed by atoms with E-state index in [2.05, 4.69) is 4.98 Å². The van der Waals surface area contributed by atoms with Gasteiger partial charge in [-0.1, -0.05) is 12.8 Å². The quantitative estimate of drug-likeness (QED) is 0.568. The molecule has 29 heavy (non-hydrogen) atoms. The van der Waals surface area contributed by atoms with Crippen molar-refractivity contribution >= 4 is 15.7 Å². The molecule has 1 aromatic heterocycles. The Hall–Kier alpha value is -2.74. The monoisotopic (exact) mass is 418 g/mol. The molecule has 0 atom stereocenters. The number of aromatic nitrogens is 1. The van der Waals surface area contributed by atoms with Crippen LogP contribution < -0.4 is 4.90 Å². The summed E-state index contributed by atoms with van der Waals surface area (Å²) in [6, 6.07) is 10.1. The first kappa shape index (κ1) is 19.6. The molecule has 2 heterocycles. The smallest absolute Gasteiger partial charge is 0.236 e. The van der Waals surface area contributed by atoms with E-state index in [0.717, 1.165) is 37.8 Å². The molecular formula is C21H20F2N2O3S. The Morgan fingerprint density at radius 1 is 0.828 bits per heavy atom. The van der Waals surface area contributed by atoms with E-state index in [-0.39, 0.29) is 21.7 Å². The van der Waals surface area contributed by atoms with Crippen LogP contribution in [0.4, 0.5) is 14.7 Å². The van der Waals surface area contributed by atoms with Gasteiger partial charge < -0.3 is 9.32 Å². The van der Waals surface area contributed by atoms with E-state index in [0.29, 0.717) is 18.7 Å². The zero-order valence-corrected chi connectivity index (χ0v) is 16.5. The van der Waals surface area contributed by atoms with Gasteiger partial charge in [-0.25, -0.2) is 17.2 Å². The lowest BCUT2D eigenvalue weighted by Gasteiger charge is -2.20. The molecule has 8 heteroatoms. The van der Waals surface area contributed by atoms with Crippen molar-refractivity contribution in [2.75, 3.05) is 18.0 Å². The summed E-state index contributed by atoms with van der Waals surface area (Å²) in [6.07, 6.45) is 3.97. The van der Waals surface area contributed by atoms with Crippen LogP contribution in [0.15, 0.2) is 62.9 Å². The fraction of sp³-hybridized carbons (Fsp3) is 0.286. The van der Waals surface area contributed by atoms with Crippen LogP contribution in [0, 0.1) is 11.6 Å². The van der Waals surface area contributed by atoms with Crippen LogP contribution in [0.1, 0.15) is 25.7 Å². The van der Waals surface area contributed by atoms with Gasteiger partial charge in [-0.15, -0.1) is 0 Å². The molecule has 0 unspecified atom stereocenters. The number of halogens is 2. The van der Waals surface area contributed by atoms with E-state index in [9.17, 15) is 17.2 Å². The predicted octanol–water partition coefficient (Wildman–Crippen LogP) is 4.83. The number of oxazole rings is 1. The number of hydrogen-bond acceptors (Lipinski definition) is 5. The third kappa shape index (κ3) is 4.03. The van der Waals surface area contributed by atoms with Crippen LogP contribution in [0.25, 0.3) is 11.5 Å². The summed E-state index contributed by atoms with van der Waals surface area (Å²) in [4.78, 5) is 6.11. The minimum Gasteiger partial charge on any atom is -0.419 e. The zero-order chi connectivity index (χ0) is 20.4. The summed E-state index contributed by atoms with van der Waals surface area (Å²) in [7, 11) is -4.03. The van der Waals surface area contributed by atoms with Gasteiger partial charge in [-0.05, 0) is 61.4 Å². The van der Waals surface area contributed by atoms with Crippen molar-refractivity contribution in [3.63, 3.8) is 0 Å². The van der Waals surface area contributed by atoms with Gasteiger partial charge in [0, 0.05) is 18.7 Å². The molecule has 0 N–H and O–H groups in total. The van der Waals surface area contributed by atoms with Crippen molar-refractivity contribution in [2.45, 2.75) is 35.6 Å². The van der Waals surface area contributed by atoms with Crippen LogP contribution in [0.3, 0.4) is 0 Å². The van der Waals surface area contributed by atoms with Gasteiger partial charge in [-0.2, -0.15) is 4.98 Å². The summed E-state index contributed by atoms with van der Waals surface area (Å²) in [5.41, 5.74) is 0.475. The topological polar surface area (TPSA) is 63.4 Å². The van der Waals surface area contributed by atoms with Crippen LogP contribution in [0.2, 0.25) is 0 Å². The number of benzene rings is 2. The van der Waals surface area contributed by atoms with Gasteiger partial charge >= 0.3 is 0 Å². The Kier molecular flexibility index (Phi) is 5.36. The second-order valence-corrected chi connectivity index (χ2v) is 8.86.